The number of carbonyl (C=O) groups is 1. The topological polar surface area (TPSA) is 50.4 Å². The first-order valence-corrected chi connectivity index (χ1v) is 8.39. The van der Waals surface area contributed by atoms with E-state index in [1.165, 1.54) is 0 Å². The highest BCUT2D eigenvalue weighted by atomic mass is 32.2. The van der Waals surface area contributed by atoms with Crippen molar-refractivity contribution in [3.05, 3.63) is 0 Å². The Morgan fingerprint density at radius 1 is 1.38 bits per heavy atom. The van der Waals surface area contributed by atoms with E-state index >= 15 is 0 Å². The minimum absolute atomic E-state index is 0.0522. The SMILES string of the molecule is O=C(NC1CCCC(OCC(F)(F)F)C1)C1CSCCN1. The summed E-state index contributed by atoms with van der Waals surface area (Å²) in [5.74, 6) is 1.69. The first-order chi connectivity index (χ1) is 9.94. The van der Waals surface area contributed by atoms with Gasteiger partial charge in [-0.1, -0.05) is 0 Å². The van der Waals surface area contributed by atoms with Gasteiger partial charge in [-0.3, -0.25) is 4.79 Å². The van der Waals surface area contributed by atoms with Crippen molar-refractivity contribution in [1.82, 2.24) is 10.6 Å². The molecule has 3 atom stereocenters. The molecule has 4 nitrogen and oxygen atoms in total. The average Bonchev–Trinajstić information content (AvgIpc) is 2.46. The van der Waals surface area contributed by atoms with Crippen molar-refractivity contribution in [3.63, 3.8) is 0 Å². The molecule has 1 heterocycles. The van der Waals surface area contributed by atoms with Gasteiger partial charge in [0, 0.05) is 24.1 Å². The highest BCUT2D eigenvalue weighted by Crippen LogP contribution is 2.24. The number of hydrogen-bond acceptors (Lipinski definition) is 4. The van der Waals surface area contributed by atoms with Crippen molar-refractivity contribution in [3.8, 4) is 0 Å². The maximum absolute atomic E-state index is 12.2. The Balaban J connectivity index is 1.74. The summed E-state index contributed by atoms with van der Waals surface area (Å²) < 4.78 is 41.4. The Labute approximate surface area is 126 Å². The highest BCUT2D eigenvalue weighted by molar-refractivity contribution is 7.99. The van der Waals surface area contributed by atoms with Crippen LogP contribution in [0.2, 0.25) is 0 Å². The lowest BCUT2D eigenvalue weighted by atomic mass is 9.92. The second-order valence-electron chi connectivity index (χ2n) is 5.50. The van der Waals surface area contributed by atoms with Gasteiger partial charge in [0.05, 0.1) is 12.1 Å². The molecule has 0 aromatic carbocycles. The first-order valence-electron chi connectivity index (χ1n) is 7.24. The third kappa shape index (κ3) is 6.04. The molecule has 3 unspecified atom stereocenters. The van der Waals surface area contributed by atoms with Crippen LogP contribution in [-0.2, 0) is 9.53 Å². The van der Waals surface area contributed by atoms with Gasteiger partial charge in [0.1, 0.15) is 6.61 Å². The lowest BCUT2D eigenvalue weighted by Gasteiger charge is -2.31. The van der Waals surface area contributed by atoms with E-state index in [9.17, 15) is 18.0 Å². The molecule has 8 heteroatoms. The summed E-state index contributed by atoms with van der Waals surface area (Å²) in [4.78, 5) is 12.1. The molecule has 2 N–H and O–H groups in total. The lowest BCUT2D eigenvalue weighted by molar-refractivity contribution is -0.188. The summed E-state index contributed by atoms with van der Waals surface area (Å²) >= 11 is 1.73. The van der Waals surface area contributed by atoms with E-state index in [1.807, 2.05) is 0 Å². The molecule has 0 aromatic heterocycles. The molecule has 2 aliphatic rings. The largest absolute Gasteiger partial charge is 0.411 e. The van der Waals surface area contributed by atoms with Crippen LogP contribution >= 0.6 is 11.8 Å². The molecule has 1 aliphatic carbocycles. The Bertz CT molecular complexity index is 349. The Hall–Kier alpha value is -0.470. The number of halogens is 3. The van der Waals surface area contributed by atoms with E-state index in [4.69, 9.17) is 4.74 Å². The van der Waals surface area contributed by atoms with Crippen LogP contribution in [0.15, 0.2) is 0 Å². The van der Waals surface area contributed by atoms with Gasteiger partial charge in [-0.05, 0) is 25.7 Å². The van der Waals surface area contributed by atoms with Crippen LogP contribution in [0, 0.1) is 0 Å². The van der Waals surface area contributed by atoms with Crippen LogP contribution in [-0.4, -0.2) is 54.9 Å². The fourth-order valence-electron chi connectivity index (χ4n) is 2.68. The Morgan fingerprint density at radius 2 is 2.19 bits per heavy atom. The Morgan fingerprint density at radius 3 is 2.86 bits per heavy atom. The summed E-state index contributed by atoms with van der Waals surface area (Å²) in [6.45, 7) is -0.399. The molecule has 1 amide bonds. The van der Waals surface area contributed by atoms with Gasteiger partial charge in [0.15, 0.2) is 0 Å². The number of ether oxygens (including phenoxy) is 1. The van der Waals surface area contributed by atoms with Crippen LogP contribution < -0.4 is 10.6 Å². The van der Waals surface area contributed by atoms with Crippen LogP contribution in [0.25, 0.3) is 0 Å². The van der Waals surface area contributed by atoms with Crippen molar-refractivity contribution < 1.29 is 22.7 Å². The molecule has 2 fully saturated rings. The monoisotopic (exact) mass is 326 g/mol. The number of amides is 1. The van der Waals surface area contributed by atoms with Crippen molar-refractivity contribution >= 4 is 17.7 Å². The number of hydrogen-bond donors (Lipinski definition) is 2. The molecule has 21 heavy (non-hydrogen) atoms. The number of thioether (sulfide) groups is 1. The highest BCUT2D eigenvalue weighted by Gasteiger charge is 2.32. The predicted octanol–water partition coefficient (Wildman–Crippen LogP) is 1.70. The van der Waals surface area contributed by atoms with Crippen LogP contribution in [0.5, 0.6) is 0 Å². The first kappa shape index (κ1) is 16.9. The summed E-state index contributed by atoms with van der Waals surface area (Å²) in [5, 5.41) is 6.09. The maximum atomic E-state index is 12.2. The quantitative estimate of drug-likeness (QED) is 0.826. The van der Waals surface area contributed by atoms with Gasteiger partial charge in [-0.2, -0.15) is 24.9 Å². The summed E-state index contributed by atoms with van der Waals surface area (Å²) in [6.07, 6.45) is -2.04. The van der Waals surface area contributed by atoms with Crippen LogP contribution in [0.3, 0.4) is 0 Å². The zero-order valence-electron chi connectivity index (χ0n) is 11.7. The van der Waals surface area contributed by atoms with Crippen LogP contribution in [0.1, 0.15) is 25.7 Å². The van der Waals surface area contributed by atoms with Gasteiger partial charge < -0.3 is 15.4 Å². The van der Waals surface area contributed by atoms with E-state index in [1.54, 1.807) is 11.8 Å². The van der Waals surface area contributed by atoms with Gasteiger partial charge in [0.25, 0.3) is 0 Å². The van der Waals surface area contributed by atoms with E-state index in [0.717, 1.165) is 30.9 Å². The molecular formula is C13H21F3N2O2S. The van der Waals surface area contributed by atoms with Gasteiger partial charge in [-0.15, -0.1) is 0 Å². The minimum atomic E-state index is -4.29. The third-order valence-corrected chi connectivity index (χ3v) is 4.76. The smallest absolute Gasteiger partial charge is 0.369 e. The fourth-order valence-corrected chi connectivity index (χ4v) is 3.61. The second-order valence-corrected chi connectivity index (χ2v) is 6.65. The van der Waals surface area contributed by atoms with E-state index in [2.05, 4.69) is 10.6 Å². The van der Waals surface area contributed by atoms with E-state index in [0.29, 0.717) is 12.8 Å². The molecule has 0 bridgehead atoms. The normalized spacial score (nSPS) is 30.9. The van der Waals surface area contributed by atoms with Crippen molar-refractivity contribution in [2.45, 2.75) is 50.0 Å². The molecule has 1 aliphatic heterocycles. The Kier molecular flexibility index (Phi) is 6.19. The maximum Gasteiger partial charge on any atom is 0.411 e. The molecule has 1 saturated carbocycles. The third-order valence-electron chi connectivity index (χ3n) is 3.69. The van der Waals surface area contributed by atoms with E-state index in [-0.39, 0.29) is 18.0 Å². The molecule has 0 radical (unpaired) electrons. The molecular weight excluding hydrogens is 305 g/mol. The molecule has 122 valence electrons. The molecule has 2 rings (SSSR count). The lowest BCUT2D eigenvalue weighted by Crippen LogP contribution is -2.52. The predicted molar refractivity (Wildman–Crippen MR) is 75.3 cm³/mol. The van der Waals surface area contributed by atoms with Crippen molar-refractivity contribution in [1.29, 1.82) is 0 Å². The van der Waals surface area contributed by atoms with Gasteiger partial charge in [-0.25, -0.2) is 0 Å². The van der Waals surface area contributed by atoms with E-state index < -0.39 is 18.9 Å². The number of carbonyl (C=O) groups excluding carboxylic acids is 1. The van der Waals surface area contributed by atoms with Crippen LogP contribution in [0.4, 0.5) is 13.2 Å². The summed E-state index contributed by atoms with van der Waals surface area (Å²) in [7, 11) is 0. The standard InChI is InChI=1S/C13H21F3N2O2S/c14-13(15,16)8-20-10-3-1-2-9(6-10)18-12(19)11-7-21-5-4-17-11/h9-11,17H,1-8H2,(H,18,19). The molecule has 0 spiro atoms. The fraction of sp³-hybridized carbons (Fsp3) is 0.923. The molecule has 0 aromatic rings. The summed E-state index contributed by atoms with van der Waals surface area (Å²) in [6, 6.07) is -0.279. The zero-order valence-corrected chi connectivity index (χ0v) is 12.6. The number of alkyl halides is 3. The zero-order chi connectivity index (χ0) is 15.3. The minimum Gasteiger partial charge on any atom is -0.369 e. The average molecular weight is 326 g/mol. The second kappa shape index (κ2) is 7.69. The molecule has 1 saturated heterocycles. The van der Waals surface area contributed by atoms with Gasteiger partial charge in [0.2, 0.25) is 5.91 Å². The van der Waals surface area contributed by atoms with Gasteiger partial charge >= 0.3 is 6.18 Å². The number of nitrogens with one attached hydrogen (secondary N) is 2. The van der Waals surface area contributed by atoms with Crippen molar-refractivity contribution in [2.24, 2.45) is 0 Å². The number of rotatable bonds is 4. The summed E-state index contributed by atoms with van der Waals surface area (Å²) in [5.41, 5.74) is 0. The van der Waals surface area contributed by atoms with Crippen molar-refractivity contribution in [2.75, 3.05) is 24.7 Å².